The SMILES string of the molecule is COc1ccc(-c2ccc3ncc4c(=O)[nH]c(=O)n(-c5ccc(N6CCNCC6)c(N=[N+]=[N-])c5)c4c3n2)cn1. The first kappa shape index (κ1) is 24.1. The van der Waals surface area contributed by atoms with Crippen LogP contribution < -0.4 is 26.2 Å². The van der Waals surface area contributed by atoms with Crippen LogP contribution in [0.15, 0.2) is 69.6 Å². The summed E-state index contributed by atoms with van der Waals surface area (Å²) >= 11 is 0. The van der Waals surface area contributed by atoms with Gasteiger partial charge in [0.2, 0.25) is 5.88 Å². The van der Waals surface area contributed by atoms with Crippen LogP contribution >= 0.6 is 0 Å². The molecule has 0 atom stereocenters. The Balaban J connectivity index is 1.60. The zero-order valence-corrected chi connectivity index (χ0v) is 20.8. The lowest BCUT2D eigenvalue weighted by Crippen LogP contribution is -2.43. The molecule has 0 amide bonds. The lowest BCUT2D eigenvalue weighted by atomic mass is 10.1. The summed E-state index contributed by atoms with van der Waals surface area (Å²) in [6.07, 6.45) is 3.05. The van der Waals surface area contributed by atoms with Crippen molar-refractivity contribution in [3.63, 3.8) is 0 Å². The van der Waals surface area contributed by atoms with Crippen molar-refractivity contribution >= 4 is 33.3 Å². The Labute approximate surface area is 220 Å². The maximum Gasteiger partial charge on any atom is 0.333 e. The van der Waals surface area contributed by atoms with Gasteiger partial charge < -0.3 is 15.0 Å². The van der Waals surface area contributed by atoms with Gasteiger partial charge in [0.25, 0.3) is 5.56 Å². The molecule has 1 aromatic carbocycles. The third-order valence-electron chi connectivity index (χ3n) is 6.65. The van der Waals surface area contributed by atoms with Gasteiger partial charge in [-0.25, -0.2) is 14.8 Å². The fraction of sp³-hybridized carbons (Fsp3) is 0.192. The molecule has 13 heteroatoms. The summed E-state index contributed by atoms with van der Waals surface area (Å²) in [6, 6.07) is 12.3. The molecule has 5 heterocycles. The second-order valence-corrected chi connectivity index (χ2v) is 8.87. The van der Waals surface area contributed by atoms with E-state index in [1.807, 2.05) is 12.1 Å². The van der Waals surface area contributed by atoms with Crippen LogP contribution in [0.5, 0.6) is 5.88 Å². The summed E-state index contributed by atoms with van der Waals surface area (Å²) in [7, 11) is 1.54. The second-order valence-electron chi connectivity index (χ2n) is 8.87. The van der Waals surface area contributed by atoms with E-state index in [1.54, 1.807) is 36.5 Å². The predicted molar refractivity (Wildman–Crippen MR) is 147 cm³/mol. The minimum Gasteiger partial charge on any atom is -0.481 e. The number of aromatic nitrogens is 5. The highest BCUT2D eigenvalue weighted by Gasteiger charge is 2.19. The lowest BCUT2D eigenvalue weighted by molar-refractivity contribution is 0.398. The van der Waals surface area contributed by atoms with E-state index in [1.165, 1.54) is 17.9 Å². The van der Waals surface area contributed by atoms with Crippen molar-refractivity contribution in [1.29, 1.82) is 0 Å². The van der Waals surface area contributed by atoms with Crippen molar-refractivity contribution in [3.05, 3.63) is 86.1 Å². The largest absolute Gasteiger partial charge is 0.481 e. The fourth-order valence-corrected chi connectivity index (χ4v) is 4.78. The Hall–Kier alpha value is -5.26. The number of azide groups is 1. The monoisotopic (exact) mass is 522 g/mol. The van der Waals surface area contributed by atoms with Crippen LogP contribution in [0.3, 0.4) is 0 Å². The third kappa shape index (κ3) is 4.31. The van der Waals surface area contributed by atoms with E-state index in [-0.39, 0.29) is 5.39 Å². The van der Waals surface area contributed by atoms with E-state index in [4.69, 9.17) is 9.72 Å². The van der Waals surface area contributed by atoms with Gasteiger partial charge in [-0.2, -0.15) is 0 Å². The number of benzene rings is 1. The number of hydrogen-bond acceptors (Lipinski definition) is 9. The fourth-order valence-electron chi connectivity index (χ4n) is 4.78. The highest BCUT2D eigenvalue weighted by Crippen LogP contribution is 2.33. The molecule has 2 N–H and O–H groups in total. The predicted octanol–water partition coefficient (Wildman–Crippen LogP) is 3.04. The summed E-state index contributed by atoms with van der Waals surface area (Å²) < 4.78 is 6.51. The van der Waals surface area contributed by atoms with E-state index in [2.05, 4.69) is 35.2 Å². The molecule has 0 unspecified atom stereocenters. The number of nitrogens with one attached hydrogen (secondary N) is 2. The number of fused-ring (bicyclic) bond motifs is 3. The molecule has 4 aromatic heterocycles. The summed E-state index contributed by atoms with van der Waals surface area (Å²) in [4.78, 5) is 47.1. The van der Waals surface area contributed by atoms with E-state index < -0.39 is 11.2 Å². The summed E-state index contributed by atoms with van der Waals surface area (Å²) in [5.74, 6) is 0.465. The smallest absolute Gasteiger partial charge is 0.333 e. The van der Waals surface area contributed by atoms with Gasteiger partial charge >= 0.3 is 5.69 Å². The Kier molecular flexibility index (Phi) is 6.11. The summed E-state index contributed by atoms with van der Waals surface area (Å²) in [5, 5.41) is 7.40. The topological polar surface area (TPSA) is 167 Å². The maximum absolute atomic E-state index is 13.3. The van der Waals surface area contributed by atoms with Gasteiger partial charge in [0.05, 0.1) is 40.6 Å². The molecule has 1 aliphatic rings. The van der Waals surface area contributed by atoms with Crippen LogP contribution in [-0.2, 0) is 0 Å². The molecule has 5 aromatic rings. The molecule has 0 saturated carbocycles. The van der Waals surface area contributed by atoms with Gasteiger partial charge in [0, 0.05) is 60.8 Å². The first-order chi connectivity index (χ1) is 19.1. The molecule has 1 aliphatic heterocycles. The molecule has 39 heavy (non-hydrogen) atoms. The molecule has 194 valence electrons. The number of H-pyrrole nitrogens is 1. The number of hydrogen-bond donors (Lipinski definition) is 2. The van der Waals surface area contributed by atoms with Crippen LogP contribution in [0.1, 0.15) is 0 Å². The first-order valence-corrected chi connectivity index (χ1v) is 12.2. The van der Waals surface area contributed by atoms with E-state index in [9.17, 15) is 15.1 Å². The van der Waals surface area contributed by atoms with Crippen LogP contribution in [0, 0.1) is 0 Å². The van der Waals surface area contributed by atoms with Crippen molar-refractivity contribution in [1.82, 2.24) is 29.8 Å². The molecule has 0 aliphatic carbocycles. The zero-order valence-electron chi connectivity index (χ0n) is 20.8. The average Bonchev–Trinajstić information content (AvgIpc) is 2.97. The highest BCUT2D eigenvalue weighted by molar-refractivity contribution is 6.01. The number of pyridine rings is 3. The number of nitrogens with zero attached hydrogens (tertiary/aromatic N) is 8. The normalized spacial score (nSPS) is 13.4. The first-order valence-electron chi connectivity index (χ1n) is 12.2. The quantitative estimate of drug-likeness (QED) is 0.154. The standard InChI is InChI=1S/C26H22N10O3/c1-39-22-7-2-15(13-30-22)18-4-5-19-23(31-18)24-17(14-29-19)25(37)32-26(38)36(24)16-3-6-21(20(12-16)33-34-27)35-10-8-28-9-11-35/h2-7,12-14,28H,8-11H2,1H3,(H,32,37,38). The molecule has 13 nitrogen and oxygen atoms in total. The number of piperazine rings is 1. The Morgan fingerprint density at radius 2 is 1.90 bits per heavy atom. The molecule has 0 spiro atoms. The van der Waals surface area contributed by atoms with Gasteiger partial charge in [-0.1, -0.05) is 5.11 Å². The van der Waals surface area contributed by atoms with Crippen LogP contribution in [0.2, 0.25) is 0 Å². The molecular formula is C26H22N10O3. The Bertz CT molecular complexity index is 1890. The average molecular weight is 523 g/mol. The summed E-state index contributed by atoms with van der Waals surface area (Å²) in [6.45, 7) is 3.10. The van der Waals surface area contributed by atoms with Gasteiger partial charge in [0.1, 0.15) is 5.52 Å². The van der Waals surface area contributed by atoms with Crippen molar-refractivity contribution in [3.8, 4) is 22.8 Å². The lowest BCUT2D eigenvalue weighted by Gasteiger charge is -2.30. The van der Waals surface area contributed by atoms with Gasteiger partial charge in [-0.3, -0.25) is 19.3 Å². The molecule has 1 saturated heterocycles. The van der Waals surface area contributed by atoms with Gasteiger partial charge in [0.15, 0.2) is 0 Å². The number of ether oxygens (including phenoxy) is 1. The molecule has 0 radical (unpaired) electrons. The van der Waals surface area contributed by atoms with Crippen LogP contribution in [-0.4, -0.2) is 57.8 Å². The second kappa shape index (κ2) is 9.89. The van der Waals surface area contributed by atoms with E-state index in [0.29, 0.717) is 39.5 Å². The van der Waals surface area contributed by atoms with Gasteiger partial charge in [-0.05, 0) is 41.9 Å². The van der Waals surface area contributed by atoms with E-state index >= 15 is 0 Å². The number of rotatable bonds is 5. The number of aromatic amines is 1. The van der Waals surface area contributed by atoms with Crippen LogP contribution in [0.25, 0.3) is 49.3 Å². The molecule has 0 bridgehead atoms. The molecule has 1 fully saturated rings. The van der Waals surface area contributed by atoms with Crippen molar-refractivity contribution in [2.75, 3.05) is 38.2 Å². The molecular weight excluding hydrogens is 500 g/mol. The minimum atomic E-state index is -0.653. The maximum atomic E-state index is 13.3. The highest BCUT2D eigenvalue weighted by atomic mass is 16.5. The van der Waals surface area contributed by atoms with Crippen molar-refractivity contribution < 1.29 is 4.74 Å². The molecule has 6 rings (SSSR count). The van der Waals surface area contributed by atoms with Gasteiger partial charge in [-0.15, -0.1) is 0 Å². The van der Waals surface area contributed by atoms with E-state index in [0.717, 1.165) is 37.4 Å². The van der Waals surface area contributed by atoms with Crippen molar-refractivity contribution in [2.45, 2.75) is 0 Å². The van der Waals surface area contributed by atoms with Crippen molar-refractivity contribution in [2.24, 2.45) is 5.11 Å². The minimum absolute atomic E-state index is 0.191. The zero-order chi connectivity index (χ0) is 26.9. The number of methoxy groups -OCH3 is 1. The Morgan fingerprint density at radius 3 is 2.64 bits per heavy atom. The Morgan fingerprint density at radius 1 is 1.05 bits per heavy atom. The van der Waals surface area contributed by atoms with Crippen LogP contribution in [0.4, 0.5) is 11.4 Å². The number of anilines is 1. The summed E-state index contributed by atoms with van der Waals surface area (Å²) in [5.41, 5.74) is 12.0. The third-order valence-corrected chi connectivity index (χ3v) is 6.65.